The highest BCUT2D eigenvalue weighted by Crippen LogP contribution is 2.23. The summed E-state index contributed by atoms with van der Waals surface area (Å²) in [5.41, 5.74) is 2.90. The zero-order chi connectivity index (χ0) is 10.6. The second-order valence-corrected chi connectivity index (χ2v) is 3.03. The third-order valence-electron chi connectivity index (χ3n) is 1.94. The molecule has 2 nitrogen and oxygen atoms in total. The minimum Gasteiger partial charge on any atom is -0.496 e. The lowest BCUT2D eigenvalue weighted by molar-refractivity contribution is -0.103. The number of carbonyl (C=O) groups excluding carboxylic acids is 1. The SMILES string of the molecule is COc1c(C)cc(C#CC=O)cc1C. The molecular weight excluding hydrogens is 176 g/mol. The van der Waals surface area contributed by atoms with Crippen molar-refractivity contribution in [3.8, 4) is 17.6 Å². The third kappa shape index (κ3) is 2.14. The molecule has 0 fully saturated rings. The van der Waals surface area contributed by atoms with E-state index in [4.69, 9.17) is 4.74 Å². The monoisotopic (exact) mass is 188 g/mol. The van der Waals surface area contributed by atoms with Gasteiger partial charge in [-0.2, -0.15) is 0 Å². The number of aryl methyl sites for hydroxylation is 2. The Balaban J connectivity index is 3.20. The molecule has 0 aliphatic heterocycles. The van der Waals surface area contributed by atoms with E-state index in [0.29, 0.717) is 6.29 Å². The Morgan fingerprint density at radius 1 is 1.29 bits per heavy atom. The van der Waals surface area contributed by atoms with E-state index in [1.807, 2.05) is 26.0 Å². The largest absolute Gasteiger partial charge is 0.496 e. The number of benzene rings is 1. The minimum atomic E-state index is 0.592. The number of hydrogen-bond donors (Lipinski definition) is 0. The highest BCUT2D eigenvalue weighted by Gasteiger charge is 2.03. The van der Waals surface area contributed by atoms with Gasteiger partial charge < -0.3 is 4.74 Å². The second-order valence-electron chi connectivity index (χ2n) is 3.03. The van der Waals surface area contributed by atoms with Gasteiger partial charge in [-0.3, -0.25) is 4.79 Å². The molecule has 72 valence electrons. The van der Waals surface area contributed by atoms with Crippen molar-refractivity contribution in [3.63, 3.8) is 0 Å². The molecule has 1 aromatic carbocycles. The first-order chi connectivity index (χ1) is 6.69. The lowest BCUT2D eigenvalue weighted by atomic mass is 10.1. The summed E-state index contributed by atoms with van der Waals surface area (Å²) in [6.45, 7) is 3.91. The summed E-state index contributed by atoms with van der Waals surface area (Å²) in [7, 11) is 1.64. The summed E-state index contributed by atoms with van der Waals surface area (Å²) < 4.78 is 5.22. The maximum absolute atomic E-state index is 10.1. The highest BCUT2D eigenvalue weighted by molar-refractivity contribution is 5.74. The average molecular weight is 188 g/mol. The molecule has 0 heterocycles. The number of hydrogen-bond acceptors (Lipinski definition) is 2. The normalized spacial score (nSPS) is 8.79. The van der Waals surface area contributed by atoms with Gasteiger partial charge in [-0.1, -0.05) is 5.92 Å². The van der Waals surface area contributed by atoms with E-state index >= 15 is 0 Å². The van der Waals surface area contributed by atoms with Crippen LogP contribution in [0.15, 0.2) is 12.1 Å². The Kier molecular flexibility index (Phi) is 3.30. The van der Waals surface area contributed by atoms with E-state index in [1.165, 1.54) is 0 Å². The lowest BCUT2D eigenvalue weighted by Gasteiger charge is -2.08. The van der Waals surface area contributed by atoms with Crippen LogP contribution >= 0.6 is 0 Å². The van der Waals surface area contributed by atoms with E-state index in [2.05, 4.69) is 11.8 Å². The first kappa shape index (κ1) is 10.3. The van der Waals surface area contributed by atoms with E-state index < -0.39 is 0 Å². The average Bonchev–Trinajstić information content (AvgIpc) is 2.14. The smallest absolute Gasteiger partial charge is 0.193 e. The first-order valence-electron chi connectivity index (χ1n) is 4.29. The Morgan fingerprint density at radius 2 is 1.86 bits per heavy atom. The maximum Gasteiger partial charge on any atom is 0.193 e. The maximum atomic E-state index is 10.1. The van der Waals surface area contributed by atoms with Gasteiger partial charge in [-0.05, 0) is 43.0 Å². The predicted octanol–water partition coefficient (Wildman–Crippen LogP) is 1.86. The van der Waals surface area contributed by atoms with Crippen molar-refractivity contribution in [2.75, 3.05) is 7.11 Å². The minimum absolute atomic E-state index is 0.592. The molecule has 0 aromatic heterocycles. The summed E-state index contributed by atoms with van der Waals surface area (Å²) in [5, 5.41) is 0. The molecule has 0 N–H and O–H groups in total. The number of ether oxygens (including phenoxy) is 1. The number of methoxy groups -OCH3 is 1. The van der Waals surface area contributed by atoms with Crippen LogP contribution in [0.1, 0.15) is 16.7 Å². The number of aldehydes is 1. The molecule has 0 amide bonds. The molecule has 0 aliphatic carbocycles. The quantitative estimate of drug-likeness (QED) is 0.496. The van der Waals surface area contributed by atoms with Crippen molar-refractivity contribution in [1.29, 1.82) is 0 Å². The summed E-state index contributed by atoms with van der Waals surface area (Å²) in [5.74, 6) is 6.02. The molecule has 0 radical (unpaired) electrons. The van der Waals surface area contributed by atoms with Crippen molar-refractivity contribution in [2.24, 2.45) is 0 Å². The molecule has 0 unspecified atom stereocenters. The van der Waals surface area contributed by atoms with E-state index in [9.17, 15) is 4.79 Å². The van der Waals surface area contributed by atoms with Gasteiger partial charge in [0.25, 0.3) is 0 Å². The van der Waals surface area contributed by atoms with Crippen molar-refractivity contribution in [2.45, 2.75) is 13.8 Å². The molecule has 0 spiro atoms. The fourth-order valence-corrected chi connectivity index (χ4v) is 1.46. The number of rotatable bonds is 1. The molecule has 0 atom stereocenters. The van der Waals surface area contributed by atoms with Crippen molar-refractivity contribution in [1.82, 2.24) is 0 Å². The molecule has 0 aliphatic rings. The second kappa shape index (κ2) is 4.48. The van der Waals surface area contributed by atoms with Crippen molar-refractivity contribution >= 4 is 6.29 Å². The van der Waals surface area contributed by atoms with Crippen LogP contribution in [0.25, 0.3) is 0 Å². The van der Waals surface area contributed by atoms with Gasteiger partial charge in [-0.25, -0.2) is 0 Å². The zero-order valence-electron chi connectivity index (χ0n) is 8.55. The Morgan fingerprint density at radius 3 is 2.29 bits per heavy atom. The van der Waals surface area contributed by atoms with Crippen LogP contribution in [0, 0.1) is 25.7 Å². The Bertz CT molecular complexity index is 385. The number of carbonyl (C=O) groups is 1. The van der Waals surface area contributed by atoms with Crippen LogP contribution in [0.5, 0.6) is 5.75 Å². The summed E-state index contributed by atoms with van der Waals surface area (Å²) in [6.07, 6.45) is 0.592. The molecule has 0 bridgehead atoms. The van der Waals surface area contributed by atoms with Crippen LogP contribution in [0.4, 0.5) is 0 Å². The summed E-state index contributed by atoms with van der Waals surface area (Å²) in [4.78, 5) is 10.1. The molecule has 0 saturated heterocycles. The molecule has 0 saturated carbocycles. The molecule has 1 rings (SSSR count). The summed E-state index contributed by atoms with van der Waals surface area (Å²) >= 11 is 0. The Hall–Kier alpha value is -1.75. The molecular formula is C12H12O2. The van der Waals surface area contributed by atoms with Crippen LogP contribution in [0.3, 0.4) is 0 Å². The van der Waals surface area contributed by atoms with E-state index in [-0.39, 0.29) is 0 Å². The van der Waals surface area contributed by atoms with Crippen LogP contribution in [-0.2, 0) is 4.79 Å². The van der Waals surface area contributed by atoms with Gasteiger partial charge in [0, 0.05) is 5.56 Å². The highest BCUT2D eigenvalue weighted by atomic mass is 16.5. The predicted molar refractivity (Wildman–Crippen MR) is 55.4 cm³/mol. The fourth-order valence-electron chi connectivity index (χ4n) is 1.46. The van der Waals surface area contributed by atoms with Crippen molar-refractivity contribution in [3.05, 3.63) is 28.8 Å². The lowest BCUT2D eigenvalue weighted by Crippen LogP contribution is -1.92. The van der Waals surface area contributed by atoms with E-state index in [1.54, 1.807) is 7.11 Å². The summed E-state index contributed by atoms with van der Waals surface area (Å²) in [6, 6.07) is 3.81. The molecule has 2 heteroatoms. The third-order valence-corrected chi connectivity index (χ3v) is 1.94. The molecule has 14 heavy (non-hydrogen) atoms. The van der Waals surface area contributed by atoms with Crippen molar-refractivity contribution < 1.29 is 9.53 Å². The molecule has 1 aromatic rings. The first-order valence-corrected chi connectivity index (χ1v) is 4.29. The zero-order valence-corrected chi connectivity index (χ0v) is 8.55. The topological polar surface area (TPSA) is 26.3 Å². The van der Waals surface area contributed by atoms with Crippen LogP contribution in [-0.4, -0.2) is 13.4 Å². The van der Waals surface area contributed by atoms with Gasteiger partial charge in [0.15, 0.2) is 6.29 Å². The van der Waals surface area contributed by atoms with Gasteiger partial charge >= 0.3 is 0 Å². The van der Waals surface area contributed by atoms with Crippen LogP contribution in [0.2, 0.25) is 0 Å². The van der Waals surface area contributed by atoms with Crippen LogP contribution < -0.4 is 4.74 Å². The van der Waals surface area contributed by atoms with Gasteiger partial charge in [0.1, 0.15) is 5.75 Å². The van der Waals surface area contributed by atoms with Gasteiger partial charge in [0.2, 0.25) is 0 Å². The van der Waals surface area contributed by atoms with E-state index in [0.717, 1.165) is 22.4 Å². The van der Waals surface area contributed by atoms with Gasteiger partial charge in [0.05, 0.1) is 7.11 Å². The standard InChI is InChI=1S/C12H12O2/c1-9-7-11(5-4-6-13)8-10(2)12(9)14-3/h6-8H,1-3H3. The fraction of sp³-hybridized carbons (Fsp3) is 0.250. The van der Waals surface area contributed by atoms with Gasteiger partial charge in [-0.15, -0.1) is 0 Å². The Labute approximate surface area is 83.9 Å².